The second kappa shape index (κ2) is 11.5. The summed E-state index contributed by atoms with van der Waals surface area (Å²) >= 11 is 0. The van der Waals surface area contributed by atoms with Crippen molar-refractivity contribution in [3.05, 3.63) is 126 Å². The Balaban J connectivity index is 1.52. The Kier molecular flexibility index (Phi) is 7.98. The number of rotatable bonds is 9. The molecule has 0 spiro atoms. The van der Waals surface area contributed by atoms with Gasteiger partial charge in [0.2, 0.25) is 5.78 Å². The summed E-state index contributed by atoms with van der Waals surface area (Å²) in [6.07, 6.45) is 1.55. The second-order valence-electron chi connectivity index (χ2n) is 8.85. The summed E-state index contributed by atoms with van der Waals surface area (Å²) in [5.74, 6) is -2.40. The van der Waals surface area contributed by atoms with Gasteiger partial charge >= 0.3 is 0 Å². The highest BCUT2D eigenvalue weighted by molar-refractivity contribution is 6.24. The molecule has 6 heteroatoms. The minimum absolute atomic E-state index is 0.339. The van der Waals surface area contributed by atoms with Gasteiger partial charge in [-0.1, -0.05) is 85.4 Å². The van der Waals surface area contributed by atoms with E-state index < -0.39 is 29.6 Å². The number of carbonyl (C=O) groups is 2. The van der Waals surface area contributed by atoms with Crippen LogP contribution in [0.4, 0.5) is 5.69 Å². The fraction of sp³-hybridized carbons (Fsp3) is 0.200. The average Bonchev–Trinajstić information content (AvgIpc) is 3.42. The highest BCUT2D eigenvalue weighted by Crippen LogP contribution is 2.35. The predicted molar refractivity (Wildman–Crippen MR) is 140 cm³/mol. The van der Waals surface area contributed by atoms with Crippen LogP contribution in [-0.4, -0.2) is 45.5 Å². The molecule has 0 bridgehead atoms. The molecule has 1 amide bonds. The van der Waals surface area contributed by atoms with Crippen molar-refractivity contribution >= 4 is 17.4 Å². The van der Waals surface area contributed by atoms with E-state index >= 15 is 0 Å². The number of likely N-dealkylation sites (tertiary alicyclic amines) is 1. The van der Waals surface area contributed by atoms with E-state index in [1.165, 1.54) is 4.90 Å². The maximum Gasteiger partial charge on any atom is 0.257 e. The number of benzene rings is 3. The molecule has 0 saturated carbocycles. The van der Waals surface area contributed by atoms with Gasteiger partial charge in [-0.3, -0.25) is 9.59 Å². The van der Waals surface area contributed by atoms with Gasteiger partial charge in [0, 0.05) is 24.4 Å². The predicted octanol–water partition coefficient (Wildman–Crippen LogP) is 4.81. The first kappa shape index (κ1) is 24.9. The van der Waals surface area contributed by atoms with E-state index in [2.05, 4.69) is 11.9 Å². The molecular weight excluding hydrogens is 452 g/mol. The Labute approximate surface area is 211 Å². The van der Waals surface area contributed by atoms with Crippen LogP contribution in [0.3, 0.4) is 0 Å². The van der Waals surface area contributed by atoms with E-state index in [9.17, 15) is 19.8 Å². The van der Waals surface area contributed by atoms with Crippen LogP contribution >= 0.6 is 0 Å². The summed E-state index contributed by atoms with van der Waals surface area (Å²) in [5, 5.41) is 24.7. The highest BCUT2D eigenvalue weighted by Gasteiger charge is 2.40. The average molecular weight is 483 g/mol. The number of hydrogen-bond donors (Lipinski definition) is 3. The van der Waals surface area contributed by atoms with Crippen molar-refractivity contribution in [3.63, 3.8) is 0 Å². The molecule has 1 fully saturated rings. The molecule has 1 saturated heterocycles. The van der Waals surface area contributed by atoms with E-state index in [1.807, 2.05) is 78.9 Å². The summed E-state index contributed by atoms with van der Waals surface area (Å²) in [6.45, 7) is 4.08. The molecule has 2 atom stereocenters. The number of ketones is 1. The second-order valence-corrected chi connectivity index (χ2v) is 8.85. The summed E-state index contributed by atoms with van der Waals surface area (Å²) < 4.78 is 0. The largest absolute Gasteiger partial charge is 0.503 e. The fourth-order valence-electron chi connectivity index (χ4n) is 4.71. The van der Waals surface area contributed by atoms with Crippen molar-refractivity contribution < 1.29 is 19.8 Å². The molecule has 3 aromatic rings. The standard InChI is InChI=1S/C30H30N2O4/c1-21(28(34)26(33)20-31-24-16-9-4-10-17-24)30(36)32-19-11-18-25(32)29(35)27(22-12-5-2-6-13-22)23-14-7-3-8-15-23/h2-10,12-17,20,25,27,29,31,33,35H,1,11,18-19H2/b26-20+/t25-,29+/m1/s1. The lowest BCUT2D eigenvalue weighted by atomic mass is 9.83. The smallest absolute Gasteiger partial charge is 0.257 e. The lowest BCUT2D eigenvalue weighted by Gasteiger charge is -2.34. The SMILES string of the molecule is C=C(C(=O)/C(O)=C\Nc1ccccc1)C(=O)N1CCC[C@@H]1[C@H](O)C(c1ccccc1)c1ccccc1. The van der Waals surface area contributed by atoms with E-state index in [1.54, 1.807) is 12.1 Å². The topological polar surface area (TPSA) is 89.9 Å². The molecule has 3 N–H and O–H groups in total. The lowest BCUT2D eigenvalue weighted by Crippen LogP contribution is -2.46. The molecule has 184 valence electrons. The maximum atomic E-state index is 13.3. The monoisotopic (exact) mass is 482 g/mol. The van der Waals surface area contributed by atoms with Crippen LogP contribution in [0.1, 0.15) is 29.9 Å². The summed E-state index contributed by atoms with van der Waals surface area (Å²) in [7, 11) is 0. The zero-order chi connectivity index (χ0) is 25.5. The first-order chi connectivity index (χ1) is 17.5. The molecule has 0 aromatic heterocycles. The molecule has 6 nitrogen and oxygen atoms in total. The Morgan fingerprint density at radius 2 is 1.44 bits per heavy atom. The number of aliphatic hydroxyl groups is 2. The first-order valence-electron chi connectivity index (χ1n) is 12.0. The zero-order valence-electron chi connectivity index (χ0n) is 20.0. The van der Waals surface area contributed by atoms with E-state index in [0.717, 1.165) is 17.3 Å². The van der Waals surface area contributed by atoms with Gasteiger partial charge in [-0.25, -0.2) is 0 Å². The van der Waals surface area contributed by atoms with Crippen LogP contribution in [0.5, 0.6) is 0 Å². The van der Waals surface area contributed by atoms with Crippen molar-refractivity contribution in [2.24, 2.45) is 0 Å². The number of aliphatic hydroxyl groups excluding tert-OH is 2. The molecule has 1 heterocycles. The number of Topliss-reactive ketones (excluding diaryl/α,β-unsaturated/α-hetero) is 1. The number of nitrogens with one attached hydrogen (secondary N) is 1. The van der Waals surface area contributed by atoms with Crippen LogP contribution in [0.25, 0.3) is 0 Å². The molecule has 0 unspecified atom stereocenters. The normalized spacial score (nSPS) is 16.6. The fourth-order valence-corrected chi connectivity index (χ4v) is 4.71. The first-order valence-corrected chi connectivity index (χ1v) is 12.0. The number of para-hydroxylation sites is 1. The summed E-state index contributed by atoms with van der Waals surface area (Å²) in [5.41, 5.74) is 2.23. The number of amides is 1. The van der Waals surface area contributed by atoms with Crippen LogP contribution < -0.4 is 5.32 Å². The van der Waals surface area contributed by atoms with Crippen molar-refractivity contribution in [2.45, 2.75) is 30.9 Å². The Bertz CT molecular complexity index is 1190. The quantitative estimate of drug-likeness (QED) is 0.176. The van der Waals surface area contributed by atoms with Gasteiger partial charge < -0.3 is 20.4 Å². The Hall–Kier alpha value is -4.16. The third-order valence-electron chi connectivity index (χ3n) is 6.53. The summed E-state index contributed by atoms with van der Waals surface area (Å²) in [4.78, 5) is 27.6. The molecular formula is C30H30N2O4. The van der Waals surface area contributed by atoms with Gasteiger partial charge in [0.15, 0.2) is 5.76 Å². The van der Waals surface area contributed by atoms with Gasteiger partial charge in [-0.15, -0.1) is 0 Å². The lowest BCUT2D eigenvalue weighted by molar-refractivity contribution is -0.132. The molecule has 0 radical (unpaired) electrons. The molecule has 3 aromatic carbocycles. The maximum absolute atomic E-state index is 13.3. The van der Waals surface area contributed by atoms with Gasteiger partial charge in [0.25, 0.3) is 5.91 Å². The highest BCUT2D eigenvalue weighted by atomic mass is 16.3. The van der Waals surface area contributed by atoms with Crippen molar-refractivity contribution in [1.29, 1.82) is 0 Å². The van der Waals surface area contributed by atoms with Crippen LogP contribution in [0.2, 0.25) is 0 Å². The Morgan fingerprint density at radius 3 is 2.00 bits per heavy atom. The third kappa shape index (κ3) is 5.56. The number of nitrogens with zero attached hydrogens (tertiary/aromatic N) is 1. The molecule has 36 heavy (non-hydrogen) atoms. The number of carbonyl (C=O) groups excluding carboxylic acids is 2. The van der Waals surface area contributed by atoms with Crippen LogP contribution in [0.15, 0.2) is 115 Å². The van der Waals surface area contributed by atoms with Gasteiger partial charge in [-0.2, -0.15) is 0 Å². The molecule has 1 aliphatic rings. The van der Waals surface area contributed by atoms with Crippen molar-refractivity contribution in [2.75, 3.05) is 11.9 Å². The number of hydrogen-bond acceptors (Lipinski definition) is 5. The van der Waals surface area contributed by atoms with Gasteiger partial charge in [0.1, 0.15) is 0 Å². The minimum Gasteiger partial charge on any atom is -0.503 e. The van der Waals surface area contributed by atoms with E-state index in [4.69, 9.17) is 0 Å². The van der Waals surface area contributed by atoms with Crippen LogP contribution in [0, 0.1) is 0 Å². The molecule has 0 aliphatic carbocycles. The van der Waals surface area contributed by atoms with Gasteiger partial charge in [-0.05, 0) is 36.1 Å². The number of anilines is 1. The Morgan fingerprint density at radius 1 is 0.917 bits per heavy atom. The zero-order valence-corrected chi connectivity index (χ0v) is 20.0. The van der Waals surface area contributed by atoms with Crippen molar-refractivity contribution in [3.8, 4) is 0 Å². The van der Waals surface area contributed by atoms with E-state index in [0.29, 0.717) is 25.1 Å². The number of allylic oxidation sites excluding steroid dienone is 1. The van der Waals surface area contributed by atoms with Crippen LogP contribution in [-0.2, 0) is 9.59 Å². The van der Waals surface area contributed by atoms with Gasteiger partial charge in [0.05, 0.1) is 17.7 Å². The summed E-state index contributed by atoms with van der Waals surface area (Å²) in [6, 6.07) is 27.9. The molecule has 4 rings (SSSR count). The van der Waals surface area contributed by atoms with Crippen molar-refractivity contribution in [1.82, 2.24) is 4.90 Å². The van der Waals surface area contributed by atoms with E-state index in [-0.39, 0.29) is 11.5 Å². The molecule has 1 aliphatic heterocycles. The minimum atomic E-state index is -0.895. The third-order valence-corrected chi connectivity index (χ3v) is 6.53.